The van der Waals surface area contributed by atoms with Crippen LogP contribution in [0.25, 0.3) is 0 Å². The van der Waals surface area contributed by atoms with Crippen LogP contribution in [0.3, 0.4) is 0 Å². The van der Waals surface area contributed by atoms with Gasteiger partial charge < -0.3 is 10.1 Å². The minimum Gasteiger partial charge on any atom is -0.383 e. The summed E-state index contributed by atoms with van der Waals surface area (Å²) in [5.41, 5.74) is 2.15. The molecular weight excluding hydrogens is 222 g/mol. The van der Waals surface area contributed by atoms with Crippen molar-refractivity contribution in [3.8, 4) is 0 Å². The van der Waals surface area contributed by atoms with Crippen LogP contribution >= 0.6 is 11.6 Å². The first-order chi connectivity index (χ1) is 7.51. The first-order valence-electron chi connectivity index (χ1n) is 5.54. The van der Waals surface area contributed by atoms with E-state index in [4.69, 9.17) is 16.3 Å². The van der Waals surface area contributed by atoms with Gasteiger partial charge in [-0.2, -0.15) is 0 Å². The van der Waals surface area contributed by atoms with Gasteiger partial charge in [0.15, 0.2) is 0 Å². The molecule has 16 heavy (non-hydrogen) atoms. The van der Waals surface area contributed by atoms with Crippen molar-refractivity contribution in [1.29, 1.82) is 0 Å². The fourth-order valence-electron chi connectivity index (χ4n) is 1.32. The third-order valence-electron chi connectivity index (χ3n) is 2.05. The minimum atomic E-state index is -0.0698. The third-order valence-corrected chi connectivity index (χ3v) is 2.36. The van der Waals surface area contributed by atoms with Crippen molar-refractivity contribution in [2.75, 3.05) is 18.5 Å². The molecule has 0 heterocycles. The maximum Gasteiger partial charge on any atom is 0.0646 e. The van der Waals surface area contributed by atoms with E-state index in [1.165, 1.54) is 0 Å². The second kappa shape index (κ2) is 6.12. The first-order valence-corrected chi connectivity index (χ1v) is 6.07. The number of benzene rings is 1. The molecule has 3 heteroatoms. The molecule has 0 aliphatic heterocycles. The summed E-state index contributed by atoms with van der Waals surface area (Å²) in [5, 5.41) is 3.31. The molecule has 0 aromatic heterocycles. The molecule has 0 unspecified atom stereocenters. The normalized spacial score (nSPS) is 11.5. The summed E-state index contributed by atoms with van der Waals surface area (Å²) in [6, 6.07) is 8.12. The van der Waals surface area contributed by atoms with E-state index in [-0.39, 0.29) is 5.60 Å². The highest BCUT2D eigenvalue weighted by molar-refractivity contribution is 6.17. The highest BCUT2D eigenvalue weighted by Gasteiger charge is 2.08. The molecule has 0 atom stereocenters. The lowest BCUT2D eigenvalue weighted by Gasteiger charge is -2.19. The van der Waals surface area contributed by atoms with E-state index in [2.05, 4.69) is 32.2 Å². The standard InChI is InChI=1S/C13H20ClNO/c1-13(2,3)16-8-7-15-12-6-4-5-11(9-12)10-14/h4-6,9,15H,7-8,10H2,1-3H3. The van der Waals surface area contributed by atoms with Crippen LogP contribution in [-0.2, 0) is 10.6 Å². The zero-order valence-corrected chi connectivity index (χ0v) is 11.0. The second-order valence-corrected chi connectivity index (χ2v) is 4.99. The zero-order valence-electron chi connectivity index (χ0n) is 10.2. The predicted octanol–water partition coefficient (Wildman–Crippen LogP) is 3.65. The summed E-state index contributed by atoms with van der Waals surface area (Å²) in [6.45, 7) is 7.68. The van der Waals surface area contributed by atoms with Crippen LogP contribution in [0.5, 0.6) is 0 Å². The monoisotopic (exact) mass is 241 g/mol. The molecule has 0 radical (unpaired) electrons. The van der Waals surface area contributed by atoms with Gasteiger partial charge in [0.2, 0.25) is 0 Å². The summed E-state index contributed by atoms with van der Waals surface area (Å²) < 4.78 is 5.62. The average Bonchev–Trinajstić information content (AvgIpc) is 2.23. The van der Waals surface area contributed by atoms with Crippen LogP contribution in [0.4, 0.5) is 5.69 Å². The maximum atomic E-state index is 5.77. The van der Waals surface area contributed by atoms with Crippen molar-refractivity contribution in [3.05, 3.63) is 29.8 Å². The summed E-state index contributed by atoms with van der Waals surface area (Å²) >= 11 is 5.77. The van der Waals surface area contributed by atoms with E-state index >= 15 is 0 Å². The fraction of sp³-hybridized carbons (Fsp3) is 0.538. The van der Waals surface area contributed by atoms with Crippen LogP contribution in [-0.4, -0.2) is 18.8 Å². The molecule has 0 bridgehead atoms. The third kappa shape index (κ3) is 5.38. The van der Waals surface area contributed by atoms with Gasteiger partial charge in [0.1, 0.15) is 0 Å². The number of rotatable bonds is 5. The molecule has 0 aliphatic rings. The van der Waals surface area contributed by atoms with Gasteiger partial charge >= 0.3 is 0 Å². The van der Waals surface area contributed by atoms with Crippen molar-refractivity contribution >= 4 is 17.3 Å². The number of nitrogens with one attached hydrogen (secondary N) is 1. The predicted molar refractivity (Wildman–Crippen MR) is 70.2 cm³/mol. The molecule has 1 N–H and O–H groups in total. The highest BCUT2D eigenvalue weighted by Crippen LogP contribution is 2.12. The number of hydrogen-bond acceptors (Lipinski definition) is 2. The zero-order chi connectivity index (χ0) is 12.0. The van der Waals surface area contributed by atoms with E-state index in [1.54, 1.807) is 0 Å². The number of hydrogen-bond donors (Lipinski definition) is 1. The van der Waals surface area contributed by atoms with Crippen molar-refractivity contribution < 1.29 is 4.74 Å². The van der Waals surface area contributed by atoms with Gasteiger partial charge in [-0.25, -0.2) is 0 Å². The van der Waals surface area contributed by atoms with Gasteiger partial charge in [0, 0.05) is 18.1 Å². The van der Waals surface area contributed by atoms with E-state index < -0.39 is 0 Å². The van der Waals surface area contributed by atoms with Crippen molar-refractivity contribution in [3.63, 3.8) is 0 Å². The Balaban J connectivity index is 2.32. The van der Waals surface area contributed by atoms with Gasteiger partial charge in [-0.1, -0.05) is 12.1 Å². The second-order valence-electron chi connectivity index (χ2n) is 4.72. The Morgan fingerprint density at radius 1 is 1.31 bits per heavy atom. The minimum absolute atomic E-state index is 0.0698. The molecule has 0 saturated carbocycles. The molecule has 90 valence electrons. The average molecular weight is 242 g/mol. The van der Waals surface area contributed by atoms with Crippen LogP contribution in [0, 0.1) is 0 Å². The quantitative estimate of drug-likeness (QED) is 0.628. The lowest BCUT2D eigenvalue weighted by molar-refractivity contribution is 0.00333. The molecule has 1 aromatic rings. The van der Waals surface area contributed by atoms with Gasteiger partial charge in [0.05, 0.1) is 12.2 Å². The molecule has 0 saturated heterocycles. The van der Waals surface area contributed by atoms with E-state index in [0.29, 0.717) is 12.5 Å². The maximum absolute atomic E-state index is 5.77. The van der Waals surface area contributed by atoms with E-state index in [1.807, 2.05) is 18.2 Å². The van der Waals surface area contributed by atoms with E-state index in [0.717, 1.165) is 17.8 Å². The Bertz CT molecular complexity index is 320. The van der Waals surface area contributed by atoms with Gasteiger partial charge in [0.25, 0.3) is 0 Å². The molecule has 2 nitrogen and oxygen atoms in total. The van der Waals surface area contributed by atoms with Crippen LogP contribution in [0.1, 0.15) is 26.3 Å². The molecule has 1 aromatic carbocycles. The number of anilines is 1. The molecule has 0 amide bonds. The van der Waals surface area contributed by atoms with E-state index in [9.17, 15) is 0 Å². The highest BCUT2D eigenvalue weighted by atomic mass is 35.5. The summed E-state index contributed by atoms with van der Waals surface area (Å²) in [5.74, 6) is 0.550. The summed E-state index contributed by atoms with van der Waals surface area (Å²) in [4.78, 5) is 0. The molecule has 0 aliphatic carbocycles. The van der Waals surface area contributed by atoms with Gasteiger partial charge in [-0.15, -0.1) is 11.6 Å². The van der Waals surface area contributed by atoms with Crippen molar-refractivity contribution in [1.82, 2.24) is 0 Å². The smallest absolute Gasteiger partial charge is 0.0646 e. The van der Waals surface area contributed by atoms with Gasteiger partial charge in [-0.3, -0.25) is 0 Å². The van der Waals surface area contributed by atoms with Gasteiger partial charge in [-0.05, 0) is 38.5 Å². The lowest BCUT2D eigenvalue weighted by atomic mass is 10.2. The Hall–Kier alpha value is -0.730. The van der Waals surface area contributed by atoms with Crippen LogP contribution in [0.2, 0.25) is 0 Å². The molecule has 1 rings (SSSR count). The fourth-order valence-corrected chi connectivity index (χ4v) is 1.48. The first kappa shape index (κ1) is 13.3. The Morgan fingerprint density at radius 2 is 2.06 bits per heavy atom. The van der Waals surface area contributed by atoms with Crippen LogP contribution in [0.15, 0.2) is 24.3 Å². The SMILES string of the molecule is CC(C)(C)OCCNc1cccc(CCl)c1. The Labute approximate surface area is 103 Å². The summed E-state index contributed by atoms with van der Waals surface area (Å²) in [6.07, 6.45) is 0. The molecular formula is C13H20ClNO. The van der Waals surface area contributed by atoms with Crippen LogP contribution < -0.4 is 5.32 Å². The number of alkyl halides is 1. The number of halogens is 1. The van der Waals surface area contributed by atoms with Crippen molar-refractivity contribution in [2.45, 2.75) is 32.3 Å². The lowest BCUT2D eigenvalue weighted by Crippen LogP contribution is -2.23. The topological polar surface area (TPSA) is 21.3 Å². The number of ether oxygens (including phenoxy) is 1. The summed E-state index contributed by atoms with van der Waals surface area (Å²) in [7, 11) is 0. The largest absolute Gasteiger partial charge is 0.383 e. The Morgan fingerprint density at radius 3 is 2.69 bits per heavy atom. The molecule has 0 spiro atoms. The van der Waals surface area contributed by atoms with Crippen molar-refractivity contribution in [2.24, 2.45) is 0 Å². The molecule has 0 fully saturated rings. The Kier molecular flexibility index (Phi) is 5.10.